The van der Waals surface area contributed by atoms with E-state index in [2.05, 4.69) is 4.98 Å². The van der Waals surface area contributed by atoms with E-state index in [-0.39, 0.29) is 16.4 Å². The summed E-state index contributed by atoms with van der Waals surface area (Å²) < 4.78 is 28.8. The molecule has 2 aromatic carbocycles. The van der Waals surface area contributed by atoms with Crippen LogP contribution in [-0.4, -0.2) is 43.8 Å². The van der Waals surface area contributed by atoms with Crippen molar-refractivity contribution in [2.45, 2.75) is 24.2 Å². The number of amides is 1. The molecule has 8 heteroatoms. The molecule has 1 saturated heterocycles. The lowest BCUT2D eigenvalue weighted by Crippen LogP contribution is -2.37. The third-order valence-corrected chi connectivity index (χ3v) is 7.99. The Morgan fingerprint density at radius 3 is 2.46 bits per heavy atom. The molecule has 3 aromatic rings. The summed E-state index contributed by atoms with van der Waals surface area (Å²) in [6.07, 6.45) is 2.73. The highest BCUT2D eigenvalue weighted by atomic mass is 32.2. The van der Waals surface area contributed by atoms with E-state index < -0.39 is 10.0 Å². The van der Waals surface area contributed by atoms with Crippen molar-refractivity contribution >= 4 is 42.6 Å². The van der Waals surface area contributed by atoms with E-state index in [0.717, 1.165) is 29.5 Å². The van der Waals surface area contributed by atoms with Crippen molar-refractivity contribution in [3.8, 4) is 0 Å². The highest BCUT2D eigenvalue weighted by molar-refractivity contribution is 7.89. The maximum atomic E-state index is 13.2. The molecule has 1 aliphatic heterocycles. The molecule has 1 fully saturated rings. The van der Waals surface area contributed by atoms with Crippen LogP contribution < -0.4 is 4.90 Å². The first-order chi connectivity index (χ1) is 13.5. The zero-order valence-electron chi connectivity index (χ0n) is 15.5. The minimum atomic E-state index is -3.71. The van der Waals surface area contributed by atoms with Gasteiger partial charge in [0.15, 0.2) is 5.13 Å². The Bertz CT molecular complexity index is 1090. The maximum absolute atomic E-state index is 13.2. The SMILES string of the molecule is CN(C(=O)c1ccccc1S(=O)(=O)N1CCCCC1)c1nc2ccccc2s1. The molecule has 0 radical (unpaired) electrons. The summed E-state index contributed by atoms with van der Waals surface area (Å²) in [5.74, 6) is -0.379. The van der Waals surface area contributed by atoms with Gasteiger partial charge < -0.3 is 0 Å². The number of para-hydroxylation sites is 1. The standard InChI is InChI=1S/C20H21N3O3S2/c1-22(20-21-16-10-4-5-11-17(16)27-20)19(24)15-9-3-6-12-18(15)28(25,26)23-13-7-2-8-14-23/h3-6,9-12H,2,7-8,13-14H2,1H3. The molecule has 1 aromatic heterocycles. The number of hydrogen-bond donors (Lipinski definition) is 0. The summed E-state index contributed by atoms with van der Waals surface area (Å²) in [5.41, 5.74) is 0.992. The first-order valence-electron chi connectivity index (χ1n) is 9.21. The number of sulfonamides is 1. The highest BCUT2D eigenvalue weighted by Crippen LogP contribution is 2.30. The number of fused-ring (bicyclic) bond motifs is 1. The van der Waals surface area contributed by atoms with E-state index in [1.54, 1.807) is 25.2 Å². The van der Waals surface area contributed by atoms with E-state index in [9.17, 15) is 13.2 Å². The fraction of sp³-hybridized carbons (Fsp3) is 0.300. The summed E-state index contributed by atoms with van der Waals surface area (Å²) in [6.45, 7) is 0.997. The van der Waals surface area contributed by atoms with Crippen LogP contribution in [0.2, 0.25) is 0 Å². The van der Waals surface area contributed by atoms with Crippen LogP contribution in [0.15, 0.2) is 53.4 Å². The Kier molecular flexibility index (Phi) is 5.18. The molecular formula is C20H21N3O3S2. The zero-order chi connectivity index (χ0) is 19.7. The van der Waals surface area contributed by atoms with Gasteiger partial charge in [-0.2, -0.15) is 4.31 Å². The van der Waals surface area contributed by atoms with E-state index in [0.29, 0.717) is 18.2 Å². The van der Waals surface area contributed by atoms with Crippen LogP contribution in [0.4, 0.5) is 5.13 Å². The maximum Gasteiger partial charge on any atom is 0.261 e. The van der Waals surface area contributed by atoms with Gasteiger partial charge >= 0.3 is 0 Å². The van der Waals surface area contributed by atoms with Crippen LogP contribution in [0.5, 0.6) is 0 Å². The minimum absolute atomic E-state index is 0.0647. The van der Waals surface area contributed by atoms with Gasteiger partial charge in [-0.3, -0.25) is 9.69 Å². The zero-order valence-corrected chi connectivity index (χ0v) is 17.2. The van der Waals surface area contributed by atoms with Crippen molar-refractivity contribution in [2.75, 3.05) is 25.0 Å². The summed E-state index contributed by atoms with van der Waals surface area (Å²) in [7, 11) is -2.08. The monoisotopic (exact) mass is 415 g/mol. The number of hydrogen-bond acceptors (Lipinski definition) is 5. The van der Waals surface area contributed by atoms with Gasteiger partial charge in [-0.05, 0) is 37.1 Å². The second kappa shape index (κ2) is 7.62. The van der Waals surface area contributed by atoms with Crippen molar-refractivity contribution in [3.63, 3.8) is 0 Å². The quantitative estimate of drug-likeness (QED) is 0.651. The van der Waals surface area contributed by atoms with E-state index in [1.807, 2.05) is 24.3 Å². The van der Waals surface area contributed by atoms with Gasteiger partial charge in [0, 0.05) is 20.1 Å². The second-order valence-electron chi connectivity index (χ2n) is 6.79. The van der Waals surface area contributed by atoms with Gasteiger partial charge in [0.05, 0.1) is 20.7 Å². The van der Waals surface area contributed by atoms with Gasteiger partial charge in [0.2, 0.25) is 10.0 Å². The van der Waals surface area contributed by atoms with Crippen LogP contribution in [0.1, 0.15) is 29.6 Å². The number of rotatable bonds is 4. The molecule has 0 saturated carbocycles. The van der Waals surface area contributed by atoms with Gasteiger partial charge in [0.1, 0.15) is 0 Å². The van der Waals surface area contributed by atoms with Crippen LogP contribution in [-0.2, 0) is 10.0 Å². The second-order valence-corrected chi connectivity index (χ2v) is 9.70. The third-order valence-electron chi connectivity index (χ3n) is 4.92. The summed E-state index contributed by atoms with van der Waals surface area (Å²) in [6, 6.07) is 14.1. The largest absolute Gasteiger partial charge is 0.287 e. The molecule has 1 aliphatic rings. The number of aromatic nitrogens is 1. The van der Waals surface area contributed by atoms with Gasteiger partial charge in [0.25, 0.3) is 5.91 Å². The Hall–Kier alpha value is -2.29. The normalized spacial score (nSPS) is 15.6. The lowest BCUT2D eigenvalue weighted by atomic mass is 10.2. The predicted octanol–water partition coefficient (Wildman–Crippen LogP) is 3.75. The van der Waals surface area contributed by atoms with Crippen molar-refractivity contribution in [1.29, 1.82) is 0 Å². The Morgan fingerprint density at radius 1 is 1.04 bits per heavy atom. The molecule has 6 nitrogen and oxygen atoms in total. The Morgan fingerprint density at radius 2 is 1.71 bits per heavy atom. The molecule has 0 unspecified atom stereocenters. The van der Waals surface area contributed by atoms with E-state index in [1.165, 1.54) is 26.6 Å². The number of carbonyl (C=O) groups excluding carboxylic acids is 1. The first-order valence-corrected chi connectivity index (χ1v) is 11.5. The summed E-state index contributed by atoms with van der Waals surface area (Å²) in [4.78, 5) is 19.2. The molecule has 28 heavy (non-hydrogen) atoms. The number of piperidine rings is 1. The summed E-state index contributed by atoms with van der Waals surface area (Å²) >= 11 is 1.40. The van der Waals surface area contributed by atoms with E-state index in [4.69, 9.17) is 0 Å². The molecule has 146 valence electrons. The van der Waals surface area contributed by atoms with Crippen LogP contribution in [0, 0.1) is 0 Å². The van der Waals surface area contributed by atoms with Crippen molar-refractivity contribution < 1.29 is 13.2 Å². The summed E-state index contributed by atoms with van der Waals surface area (Å²) in [5, 5.41) is 0.538. The van der Waals surface area contributed by atoms with Crippen molar-refractivity contribution in [2.24, 2.45) is 0 Å². The number of anilines is 1. The smallest absolute Gasteiger partial charge is 0.261 e. The molecule has 0 spiro atoms. The molecule has 2 heterocycles. The number of nitrogens with zero attached hydrogens (tertiary/aromatic N) is 3. The van der Waals surface area contributed by atoms with Crippen LogP contribution in [0.25, 0.3) is 10.2 Å². The first kappa shape index (κ1) is 19.0. The lowest BCUT2D eigenvalue weighted by Gasteiger charge is -2.27. The number of benzene rings is 2. The fourth-order valence-corrected chi connectivity index (χ4v) is 6.01. The molecule has 0 atom stereocenters. The van der Waals surface area contributed by atoms with Gasteiger partial charge in [-0.25, -0.2) is 13.4 Å². The van der Waals surface area contributed by atoms with Crippen molar-refractivity contribution in [1.82, 2.24) is 9.29 Å². The molecule has 1 amide bonds. The number of carbonyl (C=O) groups is 1. The minimum Gasteiger partial charge on any atom is -0.287 e. The van der Waals surface area contributed by atoms with Crippen LogP contribution >= 0.6 is 11.3 Å². The Labute approximate surface area is 168 Å². The molecular weight excluding hydrogens is 394 g/mol. The molecule has 0 bridgehead atoms. The third kappa shape index (κ3) is 3.43. The van der Waals surface area contributed by atoms with Gasteiger partial charge in [-0.1, -0.05) is 42.0 Å². The average Bonchev–Trinajstić information content (AvgIpc) is 3.17. The average molecular weight is 416 g/mol. The van der Waals surface area contributed by atoms with Crippen LogP contribution in [0.3, 0.4) is 0 Å². The highest BCUT2D eigenvalue weighted by Gasteiger charge is 2.31. The lowest BCUT2D eigenvalue weighted by molar-refractivity contribution is 0.0989. The predicted molar refractivity (Wildman–Crippen MR) is 111 cm³/mol. The molecule has 0 aliphatic carbocycles. The van der Waals surface area contributed by atoms with E-state index >= 15 is 0 Å². The topological polar surface area (TPSA) is 70.6 Å². The fourth-order valence-electron chi connectivity index (χ4n) is 3.38. The van der Waals surface area contributed by atoms with Crippen molar-refractivity contribution in [3.05, 3.63) is 54.1 Å². The molecule has 4 rings (SSSR count). The molecule has 0 N–H and O–H groups in total. The Balaban J connectivity index is 1.70. The number of thiazole rings is 1. The van der Waals surface area contributed by atoms with Gasteiger partial charge in [-0.15, -0.1) is 0 Å².